The molecule has 1 aromatic carbocycles. The quantitative estimate of drug-likeness (QED) is 0.787. The molecule has 5 heteroatoms. The molecule has 0 radical (unpaired) electrons. The molecule has 118 valence electrons. The molecule has 0 fully saturated rings. The molecule has 1 atom stereocenters. The summed E-state index contributed by atoms with van der Waals surface area (Å²) in [7, 11) is 5.46. The lowest BCUT2D eigenvalue weighted by Crippen LogP contribution is -2.22. The predicted octanol–water partition coefficient (Wildman–Crippen LogP) is 2.82. The van der Waals surface area contributed by atoms with Crippen molar-refractivity contribution in [3.8, 4) is 5.75 Å². The molecule has 1 unspecified atom stereocenters. The Morgan fingerprint density at radius 1 is 1.23 bits per heavy atom. The van der Waals surface area contributed by atoms with Crippen LogP contribution >= 0.6 is 0 Å². The van der Waals surface area contributed by atoms with E-state index < -0.39 is 0 Å². The van der Waals surface area contributed by atoms with E-state index in [1.54, 1.807) is 26.7 Å². The first-order chi connectivity index (χ1) is 10.7. The molecule has 0 aliphatic rings. The van der Waals surface area contributed by atoms with E-state index in [0.717, 1.165) is 23.6 Å². The number of nitrogens with zero attached hydrogens (tertiary/aromatic N) is 3. The van der Waals surface area contributed by atoms with Crippen LogP contribution in [0.15, 0.2) is 36.8 Å². The van der Waals surface area contributed by atoms with E-state index in [-0.39, 0.29) is 6.04 Å². The van der Waals surface area contributed by atoms with Crippen LogP contribution in [-0.4, -0.2) is 36.1 Å². The van der Waals surface area contributed by atoms with E-state index in [4.69, 9.17) is 9.47 Å². The van der Waals surface area contributed by atoms with Crippen molar-refractivity contribution < 1.29 is 9.47 Å². The molecule has 1 aromatic heterocycles. The minimum absolute atomic E-state index is 0.218. The molecule has 0 N–H and O–H groups in total. The highest BCUT2D eigenvalue weighted by Gasteiger charge is 2.14. The first-order valence-electron chi connectivity index (χ1n) is 7.26. The van der Waals surface area contributed by atoms with Crippen LogP contribution in [0.5, 0.6) is 5.75 Å². The fourth-order valence-electron chi connectivity index (χ4n) is 2.40. The number of hydrogen-bond acceptors (Lipinski definition) is 5. The number of rotatable bonds is 7. The molecular weight excluding hydrogens is 278 g/mol. The molecule has 0 amide bonds. The van der Waals surface area contributed by atoms with Gasteiger partial charge in [-0.25, -0.2) is 9.97 Å². The van der Waals surface area contributed by atoms with Gasteiger partial charge in [-0.3, -0.25) is 4.90 Å². The zero-order valence-electron chi connectivity index (χ0n) is 13.6. The second-order valence-corrected chi connectivity index (χ2v) is 5.30. The highest BCUT2D eigenvalue weighted by atomic mass is 16.5. The average molecular weight is 301 g/mol. The standard InChI is InChI=1S/C17H23N3O2/c1-13(16-7-8-18-12-19-16)20(2)10-14-5-6-17(22-4)15(9-14)11-21-3/h5-9,12-13H,10-11H2,1-4H3. The minimum atomic E-state index is 0.218. The van der Waals surface area contributed by atoms with Crippen molar-refractivity contribution in [2.75, 3.05) is 21.3 Å². The van der Waals surface area contributed by atoms with E-state index in [9.17, 15) is 0 Å². The highest BCUT2D eigenvalue weighted by Crippen LogP contribution is 2.23. The van der Waals surface area contributed by atoms with Gasteiger partial charge in [0.05, 0.1) is 19.4 Å². The van der Waals surface area contributed by atoms with Crippen LogP contribution < -0.4 is 4.74 Å². The molecular formula is C17H23N3O2. The van der Waals surface area contributed by atoms with Crippen molar-refractivity contribution in [2.24, 2.45) is 0 Å². The van der Waals surface area contributed by atoms with Crippen LogP contribution in [0, 0.1) is 0 Å². The Bertz CT molecular complexity index is 590. The number of methoxy groups -OCH3 is 2. The van der Waals surface area contributed by atoms with Crippen LogP contribution in [0.3, 0.4) is 0 Å². The van der Waals surface area contributed by atoms with E-state index in [2.05, 4.69) is 41.0 Å². The smallest absolute Gasteiger partial charge is 0.124 e. The Morgan fingerprint density at radius 3 is 2.68 bits per heavy atom. The molecule has 0 aliphatic heterocycles. The molecule has 2 aromatic rings. The van der Waals surface area contributed by atoms with Crippen LogP contribution in [0.2, 0.25) is 0 Å². The fourth-order valence-corrected chi connectivity index (χ4v) is 2.40. The van der Waals surface area contributed by atoms with Gasteiger partial charge >= 0.3 is 0 Å². The van der Waals surface area contributed by atoms with Crippen molar-refractivity contribution in [1.29, 1.82) is 0 Å². The van der Waals surface area contributed by atoms with Gasteiger partial charge < -0.3 is 9.47 Å². The van der Waals surface area contributed by atoms with Gasteiger partial charge in [0, 0.05) is 31.5 Å². The summed E-state index contributed by atoms with van der Waals surface area (Å²) in [4.78, 5) is 10.5. The van der Waals surface area contributed by atoms with Crippen molar-refractivity contribution in [3.05, 3.63) is 53.6 Å². The van der Waals surface area contributed by atoms with Gasteiger partial charge in [0.15, 0.2) is 0 Å². The van der Waals surface area contributed by atoms with Crippen LogP contribution in [0.4, 0.5) is 0 Å². The summed E-state index contributed by atoms with van der Waals surface area (Å²) in [5, 5.41) is 0. The summed E-state index contributed by atoms with van der Waals surface area (Å²) in [5.74, 6) is 0.858. The number of aromatic nitrogens is 2. The lowest BCUT2D eigenvalue weighted by atomic mass is 10.1. The third-order valence-corrected chi connectivity index (χ3v) is 3.77. The second-order valence-electron chi connectivity index (χ2n) is 5.30. The molecule has 0 saturated carbocycles. The molecule has 1 heterocycles. The normalized spacial score (nSPS) is 12.4. The SMILES string of the molecule is COCc1cc(CN(C)C(C)c2ccncn2)ccc1OC. The van der Waals surface area contributed by atoms with Crippen molar-refractivity contribution in [3.63, 3.8) is 0 Å². The van der Waals surface area contributed by atoms with E-state index in [1.807, 2.05) is 12.1 Å². The van der Waals surface area contributed by atoms with Gasteiger partial charge in [-0.05, 0) is 37.7 Å². The Kier molecular flexibility index (Phi) is 5.86. The van der Waals surface area contributed by atoms with Crippen LogP contribution in [0.1, 0.15) is 29.8 Å². The van der Waals surface area contributed by atoms with Crippen molar-refractivity contribution in [2.45, 2.75) is 26.1 Å². The maximum absolute atomic E-state index is 5.36. The lowest BCUT2D eigenvalue weighted by Gasteiger charge is -2.24. The van der Waals surface area contributed by atoms with Gasteiger partial charge in [0.25, 0.3) is 0 Å². The summed E-state index contributed by atoms with van der Waals surface area (Å²) in [6.45, 7) is 3.51. The van der Waals surface area contributed by atoms with E-state index in [0.29, 0.717) is 6.61 Å². The maximum Gasteiger partial charge on any atom is 0.124 e. The van der Waals surface area contributed by atoms with Gasteiger partial charge in [0.2, 0.25) is 0 Å². The Hall–Kier alpha value is -1.98. The first kappa shape index (κ1) is 16.4. The minimum Gasteiger partial charge on any atom is -0.496 e. The highest BCUT2D eigenvalue weighted by molar-refractivity contribution is 5.37. The molecule has 0 bridgehead atoms. The van der Waals surface area contributed by atoms with Crippen LogP contribution in [-0.2, 0) is 17.9 Å². The zero-order chi connectivity index (χ0) is 15.9. The Morgan fingerprint density at radius 2 is 2.05 bits per heavy atom. The summed E-state index contributed by atoms with van der Waals surface area (Å²) in [6, 6.07) is 8.38. The van der Waals surface area contributed by atoms with Gasteiger partial charge in [-0.2, -0.15) is 0 Å². The topological polar surface area (TPSA) is 47.5 Å². The van der Waals surface area contributed by atoms with Gasteiger partial charge in [-0.15, -0.1) is 0 Å². The van der Waals surface area contributed by atoms with Gasteiger partial charge in [-0.1, -0.05) is 6.07 Å². The van der Waals surface area contributed by atoms with Crippen LogP contribution in [0.25, 0.3) is 0 Å². The monoisotopic (exact) mass is 301 g/mol. The fraction of sp³-hybridized carbons (Fsp3) is 0.412. The third-order valence-electron chi connectivity index (χ3n) is 3.77. The largest absolute Gasteiger partial charge is 0.496 e. The molecule has 0 aliphatic carbocycles. The zero-order valence-corrected chi connectivity index (χ0v) is 13.6. The number of benzene rings is 1. The summed E-state index contributed by atoms with van der Waals surface area (Å²) >= 11 is 0. The molecule has 0 spiro atoms. The predicted molar refractivity (Wildman–Crippen MR) is 85.6 cm³/mol. The third kappa shape index (κ3) is 4.02. The number of hydrogen-bond donors (Lipinski definition) is 0. The van der Waals surface area contributed by atoms with Crippen molar-refractivity contribution >= 4 is 0 Å². The van der Waals surface area contributed by atoms with Gasteiger partial charge in [0.1, 0.15) is 12.1 Å². The van der Waals surface area contributed by atoms with Crippen molar-refractivity contribution in [1.82, 2.24) is 14.9 Å². The Labute approximate surface area is 131 Å². The maximum atomic E-state index is 5.36. The molecule has 22 heavy (non-hydrogen) atoms. The molecule has 0 saturated heterocycles. The first-order valence-corrected chi connectivity index (χ1v) is 7.26. The second kappa shape index (κ2) is 7.87. The van der Waals surface area contributed by atoms with E-state index >= 15 is 0 Å². The summed E-state index contributed by atoms with van der Waals surface area (Å²) < 4.78 is 10.6. The summed E-state index contributed by atoms with van der Waals surface area (Å²) in [5.41, 5.74) is 3.30. The Balaban J connectivity index is 2.11. The lowest BCUT2D eigenvalue weighted by molar-refractivity contribution is 0.181. The average Bonchev–Trinajstić information content (AvgIpc) is 2.55. The molecule has 5 nitrogen and oxygen atoms in total. The van der Waals surface area contributed by atoms with E-state index in [1.165, 1.54) is 5.56 Å². The molecule has 2 rings (SSSR count). The number of ether oxygens (including phenoxy) is 2. The summed E-state index contributed by atoms with van der Waals surface area (Å²) in [6.07, 6.45) is 3.36.